The number of carbonyl (C=O) groups is 1. The minimum absolute atomic E-state index is 0.0125. The van der Waals surface area contributed by atoms with Crippen molar-refractivity contribution in [3.8, 4) is 0 Å². The molecule has 2 nitrogen and oxygen atoms in total. The zero-order valence-corrected chi connectivity index (χ0v) is 14.3. The number of nitrogens with zero attached hydrogens (tertiary/aromatic N) is 1. The predicted molar refractivity (Wildman–Crippen MR) is 89.1 cm³/mol. The second-order valence-corrected chi connectivity index (χ2v) is 6.22. The van der Waals surface area contributed by atoms with Crippen LogP contribution in [-0.4, -0.2) is 17.7 Å². The number of rotatable bonds is 3. The maximum absolute atomic E-state index is 14.0. The summed E-state index contributed by atoms with van der Waals surface area (Å²) >= 11 is 0. The van der Waals surface area contributed by atoms with Crippen LogP contribution in [0.4, 0.5) is 17.6 Å². The molecule has 0 saturated heterocycles. The van der Waals surface area contributed by atoms with E-state index in [0.717, 1.165) is 0 Å². The average Bonchev–Trinajstić information content (AvgIpc) is 2.89. The van der Waals surface area contributed by atoms with Gasteiger partial charge in [-0.2, -0.15) is 13.2 Å². The predicted octanol–water partition coefficient (Wildman–Crippen LogP) is 5.22. The normalized spacial score (nSPS) is 24.1. The third kappa shape index (κ3) is 3.43. The largest absolute Gasteiger partial charge is 0.432 e. The van der Waals surface area contributed by atoms with Crippen molar-refractivity contribution in [2.24, 2.45) is 4.99 Å². The fraction of sp³-hybridized carbons (Fsp3) is 0.368. The number of allylic oxidation sites excluding steroid dienone is 3. The maximum atomic E-state index is 14.0. The smallest absolute Gasteiger partial charge is 0.299 e. The lowest BCUT2D eigenvalue weighted by atomic mass is 9.73. The highest BCUT2D eigenvalue weighted by atomic mass is 19.4. The lowest BCUT2D eigenvalue weighted by Gasteiger charge is -2.27. The highest BCUT2D eigenvalue weighted by Gasteiger charge is 2.47. The summed E-state index contributed by atoms with van der Waals surface area (Å²) in [5.41, 5.74) is -0.796. The molecule has 1 aromatic rings. The number of carbonyl (C=O) groups excluding carboxylic acids is 1. The molecule has 0 amide bonds. The maximum Gasteiger partial charge on any atom is 0.432 e. The van der Waals surface area contributed by atoms with Gasteiger partial charge in [-0.05, 0) is 50.0 Å². The third-order valence-corrected chi connectivity index (χ3v) is 4.73. The zero-order chi connectivity index (χ0) is 19.0. The summed E-state index contributed by atoms with van der Waals surface area (Å²) < 4.78 is 52.3. The molecule has 2 rings (SSSR count). The molecule has 1 aliphatic carbocycles. The molecule has 1 aliphatic rings. The number of ketones is 1. The van der Waals surface area contributed by atoms with Gasteiger partial charge in [0.2, 0.25) is 0 Å². The first-order valence-electron chi connectivity index (χ1n) is 7.79. The van der Waals surface area contributed by atoms with Crippen LogP contribution in [0, 0.1) is 12.7 Å². The van der Waals surface area contributed by atoms with E-state index in [0.29, 0.717) is 16.7 Å². The van der Waals surface area contributed by atoms with Crippen molar-refractivity contribution in [1.29, 1.82) is 0 Å². The summed E-state index contributed by atoms with van der Waals surface area (Å²) in [6.45, 7) is 7.59. The van der Waals surface area contributed by atoms with Crippen LogP contribution in [0.3, 0.4) is 0 Å². The minimum Gasteiger partial charge on any atom is -0.299 e. The summed E-state index contributed by atoms with van der Waals surface area (Å²) in [5.74, 6) is -0.686. The number of halogens is 4. The van der Waals surface area contributed by atoms with Gasteiger partial charge < -0.3 is 0 Å². The highest BCUT2D eigenvalue weighted by molar-refractivity contribution is 6.10. The minimum atomic E-state index is -4.64. The van der Waals surface area contributed by atoms with E-state index in [1.54, 1.807) is 26.0 Å². The summed E-state index contributed by atoms with van der Waals surface area (Å²) in [7, 11) is 0. The van der Waals surface area contributed by atoms with Crippen molar-refractivity contribution < 1.29 is 22.4 Å². The number of Topliss-reactive ketones (excluding diaryl/α,β-unsaturated/α-hetero) is 1. The molecule has 0 spiro atoms. The van der Waals surface area contributed by atoms with Gasteiger partial charge >= 0.3 is 6.18 Å². The summed E-state index contributed by atoms with van der Waals surface area (Å²) in [5, 5.41) is 0. The number of hydrogen-bond acceptors (Lipinski definition) is 2. The fourth-order valence-electron chi connectivity index (χ4n) is 3.25. The van der Waals surface area contributed by atoms with Gasteiger partial charge in [0.25, 0.3) is 0 Å². The molecule has 0 aliphatic heterocycles. The van der Waals surface area contributed by atoms with E-state index in [4.69, 9.17) is 0 Å². The molecule has 0 heterocycles. The van der Waals surface area contributed by atoms with Crippen molar-refractivity contribution in [2.45, 2.75) is 45.2 Å². The van der Waals surface area contributed by atoms with Gasteiger partial charge in [0.15, 0.2) is 0 Å². The molecule has 134 valence electrons. The number of aliphatic imine (C=N–C) groups is 1. The molecule has 0 N–H and O–H groups in total. The van der Waals surface area contributed by atoms with Crippen LogP contribution in [0.15, 0.2) is 47.1 Å². The third-order valence-electron chi connectivity index (χ3n) is 4.73. The van der Waals surface area contributed by atoms with Gasteiger partial charge in [-0.1, -0.05) is 24.8 Å². The summed E-state index contributed by atoms with van der Waals surface area (Å²) in [6, 6.07) is 4.44. The molecule has 6 heteroatoms. The van der Waals surface area contributed by atoms with Gasteiger partial charge in [0.05, 0.1) is 5.41 Å². The topological polar surface area (TPSA) is 29.4 Å². The van der Waals surface area contributed by atoms with E-state index >= 15 is 0 Å². The van der Waals surface area contributed by atoms with Crippen molar-refractivity contribution in [1.82, 2.24) is 0 Å². The lowest BCUT2D eigenvalue weighted by molar-refractivity contribution is -0.122. The van der Waals surface area contributed by atoms with E-state index in [1.165, 1.54) is 19.1 Å². The number of benzene rings is 1. The Morgan fingerprint density at radius 3 is 2.48 bits per heavy atom. The van der Waals surface area contributed by atoms with E-state index in [-0.39, 0.29) is 24.3 Å². The number of alkyl halides is 3. The van der Waals surface area contributed by atoms with E-state index < -0.39 is 23.1 Å². The van der Waals surface area contributed by atoms with Crippen molar-refractivity contribution in [3.05, 3.63) is 59.1 Å². The quantitative estimate of drug-likeness (QED) is 0.685. The molecule has 1 atom stereocenters. The molecule has 0 bridgehead atoms. The SMILES string of the molecule is C=C(N=C1C[C@](C(C)=O)(c2cccc(F)c2C)C/C1=C/C)C(F)(F)F. The standard InChI is InChI=1S/C19H19F4NO/c1-5-14-9-18(13(4)25,15-7-6-8-16(20)11(15)2)10-17(14)24-12(3)19(21,22)23/h5-8H,3,9-10H2,1-2,4H3/b14-5-,24-17?/t18-/m1/s1. The van der Waals surface area contributed by atoms with Crippen LogP contribution in [0.1, 0.15) is 37.8 Å². The van der Waals surface area contributed by atoms with E-state index in [1.807, 2.05) is 0 Å². The average molecular weight is 353 g/mol. The van der Waals surface area contributed by atoms with Gasteiger partial charge in [-0.15, -0.1) is 0 Å². The van der Waals surface area contributed by atoms with E-state index in [2.05, 4.69) is 11.6 Å². The van der Waals surface area contributed by atoms with Crippen LogP contribution in [0.2, 0.25) is 0 Å². The Morgan fingerprint density at radius 1 is 1.32 bits per heavy atom. The molecule has 1 saturated carbocycles. The first-order valence-corrected chi connectivity index (χ1v) is 7.79. The molecular formula is C19H19F4NO. The molecule has 1 aromatic carbocycles. The summed E-state index contributed by atoms with van der Waals surface area (Å²) in [6.07, 6.45) is -2.82. The van der Waals surface area contributed by atoms with Crippen LogP contribution in [-0.2, 0) is 10.2 Å². The molecule has 25 heavy (non-hydrogen) atoms. The Labute approximate surface area is 144 Å². The molecule has 0 unspecified atom stereocenters. The Bertz CT molecular complexity index is 789. The van der Waals surface area contributed by atoms with Gasteiger partial charge in [-0.25, -0.2) is 9.38 Å². The second kappa shape index (κ2) is 6.58. The Balaban J connectivity index is 2.60. The van der Waals surface area contributed by atoms with Gasteiger partial charge in [-0.3, -0.25) is 4.79 Å². The zero-order valence-electron chi connectivity index (χ0n) is 14.3. The van der Waals surface area contributed by atoms with Gasteiger partial charge in [0, 0.05) is 12.1 Å². The highest BCUT2D eigenvalue weighted by Crippen LogP contribution is 2.45. The monoisotopic (exact) mass is 353 g/mol. The van der Waals surface area contributed by atoms with Crippen LogP contribution in [0.25, 0.3) is 0 Å². The Morgan fingerprint density at radius 2 is 1.96 bits per heavy atom. The second-order valence-electron chi connectivity index (χ2n) is 6.22. The van der Waals surface area contributed by atoms with Gasteiger partial charge in [0.1, 0.15) is 17.3 Å². The molecular weight excluding hydrogens is 334 g/mol. The Hall–Kier alpha value is -2.24. The number of hydrogen-bond donors (Lipinski definition) is 0. The van der Waals surface area contributed by atoms with Crippen molar-refractivity contribution in [2.75, 3.05) is 0 Å². The molecule has 1 fully saturated rings. The summed E-state index contributed by atoms with van der Waals surface area (Å²) in [4.78, 5) is 16.1. The molecule has 0 aromatic heterocycles. The van der Waals surface area contributed by atoms with Crippen LogP contribution in [0.5, 0.6) is 0 Å². The van der Waals surface area contributed by atoms with Crippen LogP contribution < -0.4 is 0 Å². The Kier molecular flexibility index (Phi) is 5.02. The van der Waals surface area contributed by atoms with Crippen molar-refractivity contribution in [3.63, 3.8) is 0 Å². The molecule has 0 radical (unpaired) electrons. The van der Waals surface area contributed by atoms with E-state index in [9.17, 15) is 22.4 Å². The first-order chi connectivity index (χ1) is 11.5. The van der Waals surface area contributed by atoms with Crippen LogP contribution >= 0.6 is 0 Å². The fourth-order valence-corrected chi connectivity index (χ4v) is 3.25. The first kappa shape index (κ1) is 19.1. The van der Waals surface area contributed by atoms with Crippen molar-refractivity contribution >= 4 is 11.5 Å². The lowest BCUT2D eigenvalue weighted by Crippen LogP contribution is -2.32.